The highest BCUT2D eigenvalue weighted by Gasteiger charge is 2.62. The summed E-state index contributed by atoms with van der Waals surface area (Å²) in [5.41, 5.74) is 4.67. The van der Waals surface area contributed by atoms with E-state index in [9.17, 15) is 0 Å². The molecule has 0 radical (unpaired) electrons. The molecule has 0 atom stereocenters. The maximum absolute atomic E-state index is 4.27. The lowest BCUT2D eigenvalue weighted by molar-refractivity contribution is 0.151. The molecule has 0 aromatic carbocycles. The summed E-state index contributed by atoms with van der Waals surface area (Å²) in [6.45, 7) is 0. The molecule has 0 amide bonds. The van der Waals surface area contributed by atoms with Gasteiger partial charge in [-0.05, 0) is 83.6 Å². The van der Waals surface area contributed by atoms with Gasteiger partial charge in [0.05, 0.1) is 0 Å². The highest BCUT2D eigenvalue weighted by Crippen LogP contribution is 2.65. The van der Waals surface area contributed by atoms with Crippen LogP contribution in [0.15, 0.2) is 98.1 Å². The van der Waals surface area contributed by atoms with Crippen molar-refractivity contribution in [3.05, 3.63) is 120 Å². The summed E-state index contributed by atoms with van der Waals surface area (Å²) < 4.78 is 0. The van der Waals surface area contributed by atoms with Crippen LogP contribution in [-0.2, 0) is 10.8 Å². The van der Waals surface area contributed by atoms with Gasteiger partial charge < -0.3 is 0 Å². The quantitative estimate of drug-likeness (QED) is 0.541. The molecule has 4 nitrogen and oxygen atoms in total. The zero-order valence-electron chi connectivity index (χ0n) is 15.4. The highest BCUT2D eigenvalue weighted by atomic mass is 14.7. The minimum Gasteiger partial charge on any atom is -0.265 e. The molecule has 136 valence electrons. The maximum atomic E-state index is 4.27. The second kappa shape index (κ2) is 6.64. The molecule has 5 rings (SSSR count). The molecule has 0 N–H and O–H groups in total. The fraction of sp³-hybridized carbons (Fsp3) is 0.167. The number of nitrogens with zero attached hydrogens (tertiary/aromatic N) is 4. The molecule has 0 bridgehead atoms. The Hall–Kier alpha value is -3.40. The number of hydrogen-bond acceptors (Lipinski definition) is 4. The van der Waals surface area contributed by atoms with E-state index in [0.29, 0.717) is 0 Å². The second-order valence-corrected chi connectivity index (χ2v) is 7.25. The SMILES string of the molecule is c1cc(C2(c3ccncc3)CCC2(c2ccncc2)c2ccncc2)ccn1. The first-order valence-corrected chi connectivity index (χ1v) is 9.50. The predicted octanol–water partition coefficient (Wildman–Crippen LogP) is 4.33. The second-order valence-electron chi connectivity index (χ2n) is 7.25. The lowest BCUT2D eigenvalue weighted by Crippen LogP contribution is -2.59. The molecule has 4 aromatic heterocycles. The molecule has 28 heavy (non-hydrogen) atoms. The number of rotatable bonds is 4. The smallest absolute Gasteiger partial charge is 0.0342 e. The van der Waals surface area contributed by atoms with Crippen LogP contribution < -0.4 is 0 Å². The molecule has 0 aliphatic heterocycles. The molecule has 1 aliphatic carbocycles. The lowest BCUT2D eigenvalue weighted by atomic mass is 9.41. The minimum atomic E-state index is -0.207. The van der Waals surface area contributed by atoms with Crippen molar-refractivity contribution in [3.8, 4) is 0 Å². The molecule has 4 heterocycles. The van der Waals surface area contributed by atoms with Gasteiger partial charge in [0, 0.05) is 60.4 Å². The van der Waals surface area contributed by atoms with E-state index in [4.69, 9.17) is 0 Å². The molecular formula is C24H20N4. The van der Waals surface area contributed by atoms with Gasteiger partial charge in [0.25, 0.3) is 0 Å². The standard InChI is InChI=1S/C24H20N4/c1-11-25-12-2-19(1)23(20-3-13-26-14-4-20)9-10-24(23,21-5-15-27-16-6-21)22-7-17-28-18-8-22/h1-8,11-18H,9-10H2. The molecule has 4 heteroatoms. The van der Waals surface area contributed by atoms with Crippen molar-refractivity contribution in [3.63, 3.8) is 0 Å². The molecule has 0 spiro atoms. The van der Waals surface area contributed by atoms with Gasteiger partial charge in [0.1, 0.15) is 0 Å². The first-order valence-electron chi connectivity index (χ1n) is 9.50. The maximum Gasteiger partial charge on any atom is 0.0342 e. The van der Waals surface area contributed by atoms with Crippen LogP contribution >= 0.6 is 0 Å². The third-order valence-corrected chi connectivity index (χ3v) is 6.30. The van der Waals surface area contributed by atoms with E-state index in [1.54, 1.807) is 0 Å². The van der Waals surface area contributed by atoms with Crippen LogP contribution in [0.2, 0.25) is 0 Å². The van der Waals surface area contributed by atoms with Crippen molar-refractivity contribution in [1.29, 1.82) is 0 Å². The van der Waals surface area contributed by atoms with Gasteiger partial charge in [-0.25, -0.2) is 0 Å². The fourth-order valence-corrected chi connectivity index (χ4v) is 5.07. The van der Waals surface area contributed by atoms with Gasteiger partial charge in [0.15, 0.2) is 0 Å². The Labute approximate surface area is 164 Å². The summed E-state index contributed by atoms with van der Waals surface area (Å²) >= 11 is 0. The molecule has 1 fully saturated rings. The van der Waals surface area contributed by atoms with E-state index in [1.807, 2.05) is 49.6 Å². The largest absolute Gasteiger partial charge is 0.265 e. The monoisotopic (exact) mass is 364 g/mol. The molecule has 4 aromatic rings. The van der Waals surface area contributed by atoms with Gasteiger partial charge in [0.2, 0.25) is 0 Å². The summed E-state index contributed by atoms with van der Waals surface area (Å²) in [4.78, 5) is 17.1. The summed E-state index contributed by atoms with van der Waals surface area (Å²) in [6, 6.07) is 17.2. The Morgan fingerprint density at radius 3 is 0.786 bits per heavy atom. The van der Waals surface area contributed by atoms with Crippen LogP contribution in [0.3, 0.4) is 0 Å². The van der Waals surface area contributed by atoms with Crippen LogP contribution in [0.25, 0.3) is 0 Å². The lowest BCUT2D eigenvalue weighted by Gasteiger charge is -2.61. The van der Waals surface area contributed by atoms with Crippen LogP contribution in [0.1, 0.15) is 35.1 Å². The van der Waals surface area contributed by atoms with E-state index in [-0.39, 0.29) is 10.8 Å². The average Bonchev–Trinajstić information content (AvgIpc) is 2.77. The summed E-state index contributed by atoms with van der Waals surface area (Å²) in [6.07, 6.45) is 17.2. The molecule has 0 saturated heterocycles. The Morgan fingerprint density at radius 2 is 0.607 bits per heavy atom. The highest BCUT2D eigenvalue weighted by molar-refractivity contribution is 5.58. The topological polar surface area (TPSA) is 51.6 Å². The number of pyridine rings is 4. The van der Waals surface area contributed by atoms with Crippen LogP contribution in [0.4, 0.5) is 0 Å². The zero-order chi connectivity index (χ0) is 18.9. The summed E-state index contributed by atoms with van der Waals surface area (Å²) in [7, 11) is 0. The summed E-state index contributed by atoms with van der Waals surface area (Å²) in [5, 5.41) is 0. The number of aromatic nitrogens is 4. The van der Waals surface area contributed by atoms with Gasteiger partial charge in [-0.15, -0.1) is 0 Å². The third-order valence-electron chi connectivity index (χ3n) is 6.30. The van der Waals surface area contributed by atoms with Crippen molar-refractivity contribution < 1.29 is 0 Å². The molecule has 0 unspecified atom stereocenters. The first kappa shape index (κ1) is 16.8. The van der Waals surface area contributed by atoms with Crippen LogP contribution in [0, 0.1) is 0 Å². The third kappa shape index (κ3) is 2.24. The van der Waals surface area contributed by atoms with Gasteiger partial charge in [-0.3, -0.25) is 19.9 Å². The van der Waals surface area contributed by atoms with Crippen molar-refractivity contribution in [1.82, 2.24) is 19.9 Å². The predicted molar refractivity (Wildman–Crippen MR) is 108 cm³/mol. The Bertz CT molecular complexity index is 883. The van der Waals surface area contributed by atoms with Crippen molar-refractivity contribution in [2.45, 2.75) is 23.7 Å². The van der Waals surface area contributed by atoms with E-state index in [2.05, 4.69) is 68.5 Å². The van der Waals surface area contributed by atoms with Gasteiger partial charge >= 0.3 is 0 Å². The van der Waals surface area contributed by atoms with E-state index in [1.165, 1.54) is 22.3 Å². The van der Waals surface area contributed by atoms with Gasteiger partial charge in [-0.1, -0.05) is 0 Å². The summed E-state index contributed by atoms with van der Waals surface area (Å²) in [5.74, 6) is 0. The molecule has 1 aliphatic rings. The Morgan fingerprint density at radius 1 is 0.393 bits per heavy atom. The van der Waals surface area contributed by atoms with Gasteiger partial charge in [-0.2, -0.15) is 0 Å². The molecule has 1 saturated carbocycles. The fourth-order valence-electron chi connectivity index (χ4n) is 5.07. The average molecular weight is 364 g/mol. The van der Waals surface area contributed by atoms with Crippen molar-refractivity contribution in [2.24, 2.45) is 0 Å². The van der Waals surface area contributed by atoms with Crippen molar-refractivity contribution in [2.75, 3.05) is 0 Å². The number of hydrogen-bond donors (Lipinski definition) is 0. The van der Waals surface area contributed by atoms with Crippen LogP contribution in [-0.4, -0.2) is 19.9 Å². The van der Waals surface area contributed by atoms with Crippen molar-refractivity contribution >= 4 is 0 Å². The minimum absolute atomic E-state index is 0.207. The molecular weight excluding hydrogens is 344 g/mol. The van der Waals surface area contributed by atoms with E-state index < -0.39 is 0 Å². The normalized spacial score (nSPS) is 16.9. The van der Waals surface area contributed by atoms with E-state index in [0.717, 1.165) is 12.8 Å². The Kier molecular flexibility index (Phi) is 3.97. The van der Waals surface area contributed by atoms with Crippen LogP contribution in [0.5, 0.6) is 0 Å². The first-order chi connectivity index (χ1) is 13.9. The Balaban J connectivity index is 1.86. The zero-order valence-corrected chi connectivity index (χ0v) is 15.4. The van der Waals surface area contributed by atoms with E-state index >= 15 is 0 Å².